The van der Waals surface area contributed by atoms with Crippen LogP contribution in [0.3, 0.4) is 0 Å². The average molecular weight is 297 g/mol. The molecule has 0 atom stereocenters. The first-order valence-electron chi connectivity index (χ1n) is 4.90. The van der Waals surface area contributed by atoms with Gasteiger partial charge in [-0.3, -0.25) is 5.10 Å². The van der Waals surface area contributed by atoms with Gasteiger partial charge in [0.2, 0.25) is 0 Å². The molecule has 2 aromatic heterocycles. The average Bonchev–Trinajstić information content (AvgIpc) is 2.79. The van der Waals surface area contributed by atoms with Crippen LogP contribution in [0.15, 0.2) is 23.1 Å². The Kier molecular flexibility index (Phi) is 3.48. The van der Waals surface area contributed by atoms with Crippen LogP contribution in [0.1, 0.15) is 17.4 Å². The summed E-state index contributed by atoms with van der Waals surface area (Å²) in [7, 11) is 0. The molecule has 2 heterocycles. The Morgan fingerprint density at radius 2 is 2.41 bits per heavy atom. The smallest absolute Gasteiger partial charge is 0.356 e. The molecule has 1 N–H and O–H groups in total. The fourth-order valence-corrected chi connectivity index (χ4v) is 1.68. The molecule has 0 aliphatic heterocycles. The van der Waals surface area contributed by atoms with E-state index in [4.69, 9.17) is 4.74 Å². The van der Waals surface area contributed by atoms with Gasteiger partial charge in [-0.25, -0.2) is 14.8 Å². The first kappa shape index (κ1) is 11.7. The third kappa shape index (κ3) is 2.50. The second kappa shape index (κ2) is 5.05. The van der Waals surface area contributed by atoms with Crippen molar-refractivity contribution in [1.82, 2.24) is 20.2 Å². The summed E-state index contributed by atoms with van der Waals surface area (Å²) in [5.74, 6) is -0.434. The molecule has 0 amide bonds. The zero-order chi connectivity index (χ0) is 12.3. The third-order valence-corrected chi connectivity index (χ3v) is 2.56. The molecule has 0 unspecified atom stereocenters. The predicted octanol–water partition coefficient (Wildman–Crippen LogP) is 1.81. The maximum atomic E-state index is 11.4. The molecule has 0 fully saturated rings. The lowest BCUT2D eigenvalue weighted by atomic mass is 10.3. The summed E-state index contributed by atoms with van der Waals surface area (Å²) in [5, 5.41) is 6.61. The highest BCUT2D eigenvalue weighted by atomic mass is 79.9. The van der Waals surface area contributed by atoms with Gasteiger partial charge in [0.1, 0.15) is 23.4 Å². The fourth-order valence-electron chi connectivity index (χ4n) is 1.26. The van der Waals surface area contributed by atoms with E-state index in [0.717, 1.165) is 0 Å². The summed E-state index contributed by atoms with van der Waals surface area (Å²) in [4.78, 5) is 19.4. The highest BCUT2D eigenvalue weighted by Crippen LogP contribution is 2.23. The molecule has 2 aromatic rings. The molecular formula is C10H9BrN4O2. The van der Waals surface area contributed by atoms with Crippen LogP contribution in [0, 0.1) is 0 Å². The van der Waals surface area contributed by atoms with Crippen molar-refractivity contribution >= 4 is 21.9 Å². The first-order chi connectivity index (χ1) is 8.22. The van der Waals surface area contributed by atoms with Gasteiger partial charge < -0.3 is 4.74 Å². The monoisotopic (exact) mass is 296 g/mol. The molecule has 0 spiro atoms. The minimum Gasteiger partial charge on any atom is -0.461 e. The summed E-state index contributed by atoms with van der Waals surface area (Å²) in [6.07, 6.45) is 3.03. The topological polar surface area (TPSA) is 80.8 Å². The van der Waals surface area contributed by atoms with E-state index in [1.807, 2.05) is 0 Å². The lowest BCUT2D eigenvalue weighted by Crippen LogP contribution is -2.04. The summed E-state index contributed by atoms with van der Waals surface area (Å²) in [5.41, 5.74) is 1.47. The standard InChI is InChI=1S/C10H9BrN4O2/c1-2-17-10(16)8-3-7(14-15-8)9-6(11)4-12-5-13-9/h3-5H,2H2,1H3,(H,14,15). The van der Waals surface area contributed by atoms with Crippen molar-refractivity contribution in [2.45, 2.75) is 6.92 Å². The van der Waals surface area contributed by atoms with Gasteiger partial charge in [0.05, 0.1) is 11.1 Å². The van der Waals surface area contributed by atoms with E-state index in [-0.39, 0.29) is 0 Å². The van der Waals surface area contributed by atoms with Gasteiger partial charge in [-0.15, -0.1) is 0 Å². The van der Waals surface area contributed by atoms with Crippen molar-refractivity contribution in [2.75, 3.05) is 6.61 Å². The molecule has 0 bridgehead atoms. The van der Waals surface area contributed by atoms with Gasteiger partial charge in [0.15, 0.2) is 0 Å². The van der Waals surface area contributed by atoms with Crippen LogP contribution in [0.25, 0.3) is 11.4 Å². The number of rotatable bonds is 3. The van der Waals surface area contributed by atoms with Gasteiger partial charge in [0.25, 0.3) is 0 Å². The lowest BCUT2D eigenvalue weighted by Gasteiger charge is -1.97. The number of hydrogen-bond acceptors (Lipinski definition) is 5. The second-order valence-corrected chi connectivity index (χ2v) is 3.96. The molecule has 17 heavy (non-hydrogen) atoms. The summed E-state index contributed by atoms with van der Waals surface area (Å²) in [6.45, 7) is 2.07. The van der Waals surface area contributed by atoms with E-state index in [1.54, 1.807) is 19.2 Å². The van der Waals surface area contributed by atoms with E-state index in [1.165, 1.54) is 6.33 Å². The van der Waals surface area contributed by atoms with Crippen LogP contribution in [0.4, 0.5) is 0 Å². The van der Waals surface area contributed by atoms with E-state index < -0.39 is 5.97 Å². The number of carbonyl (C=O) groups is 1. The molecule has 88 valence electrons. The maximum absolute atomic E-state index is 11.4. The van der Waals surface area contributed by atoms with Crippen LogP contribution in [-0.4, -0.2) is 32.7 Å². The Morgan fingerprint density at radius 1 is 1.59 bits per heavy atom. The number of esters is 1. The highest BCUT2D eigenvalue weighted by Gasteiger charge is 2.14. The van der Waals surface area contributed by atoms with E-state index in [2.05, 4.69) is 36.1 Å². The minimum absolute atomic E-state index is 0.298. The van der Waals surface area contributed by atoms with Crippen molar-refractivity contribution in [1.29, 1.82) is 0 Å². The maximum Gasteiger partial charge on any atom is 0.356 e. The molecule has 7 heteroatoms. The van der Waals surface area contributed by atoms with Crippen LogP contribution in [-0.2, 0) is 4.74 Å². The number of H-pyrrole nitrogens is 1. The van der Waals surface area contributed by atoms with Crippen molar-refractivity contribution in [3.05, 3.63) is 28.8 Å². The Morgan fingerprint density at radius 3 is 3.12 bits per heavy atom. The zero-order valence-electron chi connectivity index (χ0n) is 8.98. The third-order valence-electron chi connectivity index (χ3n) is 1.98. The van der Waals surface area contributed by atoms with Crippen molar-refractivity contribution in [3.63, 3.8) is 0 Å². The first-order valence-corrected chi connectivity index (χ1v) is 5.70. The van der Waals surface area contributed by atoms with Crippen LogP contribution >= 0.6 is 15.9 Å². The SMILES string of the molecule is CCOC(=O)c1cc(-c2ncncc2Br)n[nH]1. The molecule has 2 rings (SSSR count). The molecule has 0 radical (unpaired) electrons. The Balaban J connectivity index is 2.30. The fraction of sp³-hybridized carbons (Fsp3) is 0.200. The number of nitrogens with zero attached hydrogens (tertiary/aromatic N) is 3. The van der Waals surface area contributed by atoms with Crippen molar-refractivity contribution in [2.24, 2.45) is 0 Å². The van der Waals surface area contributed by atoms with Gasteiger partial charge in [0, 0.05) is 12.3 Å². The minimum atomic E-state index is -0.434. The Labute approximate surface area is 106 Å². The summed E-state index contributed by atoms with van der Waals surface area (Å²) in [6, 6.07) is 1.59. The number of halogens is 1. The summed E-state index contributed by atoms with van der Waals surface area (Å²) >= 11 is 3.31. The lowest BCUT2D eigenvalue weighted by molar-refractivity contribution is 0.0519. The number of nitrogens with one attached hydrogen (secondary N) is 1. The normalized spacial score (nSPS) is 10.2. The van der Waals surface area contributed by atoms with Gasteiger partial charge in [-0.1, -0.05) is 0 Å². The summed E-state index contributed by atoms with van der Waals surface area (Å²) < 4.78 is 5.56. The number of ether oxygens (including phenoxy) is 1. The zero-order valence-corrected chi connectivity index (χ0v) is 10.6. The van der Waals surface area contributed by atoms with E-state index in [9.17, 15) is 4.79 Å². The van der Waals surface area contributed by atoms with Crippen molar-refractivity contribution < 1.29 is 9.53 Å². The van der Waals surface area contributed by atoms with E-state index >= 15 is 0 Å². The highest BCUT2D eigenvalue weighted by molar-refractivity contribution is 9.10. The van der Waals surface area contributed by atoms with Gasteiger partial charge in [-0.2, -0.15) is 5.10 Å². The number of hydrogen-bond donors (Lipinski definition) is 1. The van der Waals surface area contributed by atoms with Crippen LogP contribution in [0.5, 0.6) is 0 Å². The van der Waals surface area contributed by atoms with Crippen LogP contribution in [0.2, 0.25) is 0 Å². The van der Waals surface area contributed by atoms with Crippen LogP contribution < -0.4 is 0 Å². The molecular weight excluding hydrogens is 288 g/mol. The molecule has 0 saturated carbocycles. The number of aromatic nitrogens is 4. The van der Waals surface area contributed by atoms with Crippen molar-refractivity contribution in [3.8, 4) is 11.4 Å². The van der Waals surface area contributed by atoms with Gasteiger partial charge >= 0.3 is 5.97 Å². The number of carbonyl (C=O) groups excluding carboxylic acids is 1. The molecule has 0 aliphatic rings. The molecule has 0 aromatic carbocycles. The second-order valence-electron chi connectivity index (χ2n) is 3.11. The quantitative estimate of drug-likeness (QED) is 0.874. The molecule has 6 nitrogen and oxygen atoms in total. The molecule has 0 aliphatic carbocycles. The predicted molar refractivity (Wildman–Crippen MR) is 63.3 cm³/mol. The van der Waals surface area contributed by atoms with Gasteiger partial charge in [-0.05, 0) is 22.9 Å². The Hall–Kier alpha value is -1.76. The molecule has 0 saturated heterocycles. The number of aromatic amines is 1. The Bertz CT molecular complexity index is 541. The largest absolute Gasteiger partial charge is 0.461 e. The van der Waals surface area contributed by atoms with E-state index in [0.29, 0.717) is 28.2 Å².